The number of hydrogen-bond donors (Lipinski definition) is 0. The van der Waals surface area contributed by atoms with Crippen LogP contribution in [0.3, 0.4) is 0 Å². The van der Waals surface area contributed by atoms with Crippen molar-refractivity contribution in [2.45, 2.75) is 31.4 Å². The van der Waals surface area contributed by atoms with Gasteiger partial charge in [0.2, 0.25) is 6.79 Å². The molecule has 156 valence electrons. The Bertz CT molecular complexity index is 959. The largest absolute Gasteiger partial charge is 0.454 e. The predicted octanol–water partition coefficient (Wildman–Crippen LogP) is 4.00. The second-order valence-electron chi connectivity index (χ2n) is 7.51. The first kappa shape index (κ1) is 19.4. The fourth-order valence-corrected chi connectivity index (χ4v) is 4.20. The summed E-state index contributed by atoms with van der Waals surface area (Å²) in [5.74, 6) is 2.06. The number of likely N-dealkylation sites (tertiary alicyclic amines) is 1. The molecular weight excluding hydrogens is 450 g/mol. The number of benzene rings is 1. The Morgan fingerprint density at radius 1 is 1.03 bits per heavy atom. The Hall–Kier alpha value is -2.58. The third-order valence-corrected chi connectivity index (χ3v) is 6.00. The lowest BCUT2D eigenvalue weighted by atomic mass is 10.0. The maximum Gasteiger partial charge on any atom is 0.258 e. The summed E-state index contributed by atoms with van der Waals surface area (Å²) >= 11 is 3.42. The van der Waals surface area contributed by atoms with Crippen molar-refractivity contribution in [3.8, 4) is 11.5 Å². The highest BCUT2D eigenvalue weighted by molar-refractivity contribution is 9.10. The van der Waals surface area contributed by atoms with Gasteiger partial charge < -0.3 is 14.4 Å². The van der Waals surface area contributed by atoms with Gasteiger partial charge in [0.25, 0.3) is 5.91 Å². The molecule has 0 N–H and O–H groups in total. The Labute approximate surface area is 183 Å². The molecule has 1 fully saturated rings. The molecule has 5 rings (SSSR count). The molecule has 1 saturated heterocycles. The van der Waals surface area contributed by atoms with Gasteiger partial charge in [0, 0.05) is 23.8 Å². The molecule has 3 aliphatic rings. The molecule has 30 heavy (non-hydrogen) atoms. The summed E-state index contributed by atoms with van der Waals surface area (Å²) in [5.41, 5.74) is 0.962. The zero-order chi connectivity index (χ0) is 20.5. The number of carbonyl (C=O) groups excluding carboxylic acids is 1. The molecule has 0 bridgehead atoms. The standard InChI is InChI=1S/C22H22BrN3O4/c23-16-5-9-21(24-13-16)26-17(15-4-7-18-20(12-15)29-14-28-18)6-8-19(30-26)22(27)25-10-2-1-3-11-25/h4-9,12-13,17,19H,1-3,10-11,14H2. The molecule has 0 aliphatic carbocycles. The Kier molecular flexibility index (Phi) is 5.35. The van der Waals surface area contributed by atoms with E-state index in [2.05, 4.69) is 20.9 Å². The van der Waals surface area contributed by atoms with E-state index in [1.54, 1.807) is 11.3 Å². The fraction of sp³-hybridized carbons (Fsp3) is 0.364. The van der Waals surface area contributed by atoms with Crippen LogP contribution in [0.4, 0.5) is 5.82 Å². The molecule has 1 aromatic carbocycles. The van der Waals surface area contributed by atoms with Crippen LogP contribution in [-0.4, -0.2) is 41.8 Å². The number of hydrogen-bond acceptors (Lipinski definition) is 6. The number of piperidine rings is 1. The van der Waals surface area contributed by atoms with Crippen LogP contribution < -0.4 is 14.5 Å². The molecule has 7 nitrogen and oxygen atoms in total. The monoisotopic (exact) mass is 471 g/mol. The molecule has 2 unspecified atom stereocenters. The van der Waals surface area contributed by atoms with Gasteiger partial charge in [-0.2, -0.15) is 0 Å². The van der Waals surface area contributed by atoms with Crippen LogP contribution in [0, 0.1) is 0 Å². The van der Waals surface area contributed by atoms with E-state index in [1.807, 2.05) is 47.4 Å². The van der Waals surface area contributed by atoms with Gasteiger partial charge in [0.1, 0.15) is 6.04 Å². The van der Waals surface area contributed by atoms with Crippen molar-refractivity contribution in [2.75, 3.05) is 24.9 Å². The number of amides is 1. The van der Waals surface area contributed by atoms with Crippen LogP contribution in [0.25, 0.3) is 0 Å². The molecule has 3 aliphatic heterocycles. The number of rotatable bonds is 3. The van der Waals surface area contributed by atoms with Gasteiger partial charge in [0.15, 0.2) is 23.4 Å². The second kappa shape index (κ2) is 8.28. The van der Waals surface area contributed by atoms with Crippen molar-refractivity contribution >= 4 is 27.7 Å². The van der Waals surface area contributed by atoms with Gasteiger partial charge in [-0.05, 0) is 71.1 Å². The van der Waals surface area contributed by atoms with Crippen molar-refractivity contribution < 1.29 is 19.1 Å². The summed E-state index contributed by atoms with van der Waals surface area (Å²) in [6.07, 6.45) is 8.15. The smallest absolute Gasteiger partial charge is 0.258 e. The highest BCUT2D eigenvalue weighted by Crippen LogP contribution is 2.38. The first-order chi connectivity index (χ1) is 14.7. The zero-order valence-electron chi connectivity index (χ0n) is 16.4. The van der Waals surface area contributed by atoms with Crippen molar-refractivity contribution in [1.29, 1.82) is 0 Å². The van der Waals surface area contributed by atoms with Gasteiger partial charge in [-0.15, -0.1) is 0 Å². The van der Waals surface area contributed by atoms with E-state index in [4.69, 9.17) is 14.3 Å². The van der Waals surface area contributed by atoms with E-state index in [-0.39, 0.29) is 18.7 Å². The van der Waals surface area contributed by atoms with E-state index in [0.29, 0.717) is 11.6 Å². The molecule has 1 aromatic heterocycles. The quantitative estimate of drug-likeness (QED) is 0.630. The van der Waals surface area contributed by atoms with Crippen LogP contribution in [0.1, 0.15) is 30.9 Å². The number of halogens is 1. The average molecular weight is 472 g/mol. The molecule has 4 heterocycles. The number of hydroxylamine groups is 1. The van der Waals surface area contributed by atoms with E-state index in [1.165, 1.54) is 6.42 Å². The van der Waals surface area contributed by atoms with Crippen LogP contribution in [0.2, 0.25) is 0 Å². The molecule has 8 heteroatoms. The second-order valence-corrected chi connectivity index (χ2v) is 8.43. The third-order valence-electron chi connectivity index (χ3n) is 5.53. The highest BCUT2D eigenvalue weighted by atomic mass is 79.9. The van der Waals surface area contributed by atoms with Crippen LogP contribution >= 0.6 is 15.9 Å². The average Bonchev–Trinajstić information content (AvgIpc) is 3.27. The van der Waals surface area contributed by atoms with E-state index in [0.717, 1.165) is 41.7 Å². The minimum absolute atomic E-state index is 0.00259. The molecule has 0 spiro atoms. The summed E-state index contributed by atoms with van der Waals surface area (Å²) in [6.45, 7) is 1.80. The first-order valence-corrected chi connectivity index (χ1v) is 10.9. The Balaban J connectivity index is 1.46. The molecule has 0 saturated carbocycles. The zero-order valence-corrected chi connectivity index (χ0v) is 18.0. The fourth-order valence-electron chi connectivity index (χ4n) is 3.97. The predicted molar refractivity (Wildman–Crippen MR) is 114 cm³/mol. The van der Waals surface area contributed by atoms with Gasteiger partial charge >= 0.3 is 0 Å². The van der Waals surface area contributed by atoms with Gasteiger partial charge in [-0.3, -0.25) is 9.63 Å². The molecule has 2 aromatic rings. The van der Waals surface area contributed by atoms with Gasteiger partial charge in [-0.1, -0.05) is 12.1 Å². The third kappa shape index (κ3) is 3.77. The number of fused-ring (bicyclic) bond motifs is 1. The summed E-state index contributed by atoms with van der Waals surface area (Å²) < 4.78 is 11.8. The van der Waals surface area contributed by atoms with Crippen molar-refractivity contribution in [2.24, 2.45) is 0 Å². The first-order valence-electron chi connectivity index (χ1n) is 10.1. The number of anilines is 1. The SMILES string of the molecule is O=C(C1C=CC(c2ccc3c(c2)OCO3)N(c2ccc(Br)cn2)O1)N1CCCCC1. The highest BCUT2D eigenvalue weighted by Gasteiger charge is 2.34. The van der Waals surface area contributed by atoms with Crippen molar-refractivity contribution in [1.82, 2.24) is 9.88 Å². The molecule has 0 radical (unpaired) electrons. The van der Waals surface area contributed by atoms with E-state index in [9.17, 15) is 4.79 Å². The van der Waals surface area contributed by atoms with Crippen molar-refractivity contribution in [3.05, 3.63) is 58.7 Å². The maximum absolute atomic E-state index is 13.0. The van der Waals surface area contributed by atoms with Gasteiger partial charge in [-0.25, -0.2) is 10.0 Å². The Morgan fingerprint density at radius 2 is 1.87 bits per heavy atom. The lowest BCUT2D eigenvalue weighted by Crippen LogP contribution is -2.47. The lowest BCUT2D eigenvalue weighted by Gasteiger charge is -2.37. The minimum atomic E-state index is -0.668. The maximum atomic E-state index is 13.0. The summed E-state index contributed by atoms with van der Waals surface area (Å²) in [6, 6.07) is 9.33. The number of carbonyl (C=O) groups is 1. The molecular formula is C22H22BrN3O4. The number of aromatic nitrogens is 1. The topological polar surface area (TPSA) is 64.1 Å². The number of ether oxygens (including phenoxy) is 2. The van der Waals surface area contributed by atoms with Crippen LogP contribution in [-0.2, 0) is 9.63 Å². The summed E-state index contributed by atoms with van der Waals surface area (Å²) in [4.78, 5) is 25.6. The van der Waals surface area contributed by atoms with Gasteiger partial charge in [0.05, 0.1) is 0 Å². The lowest BCUT2D eigenvalue weighted by molar-refractivity contribution is -0.143. The molecule has 1 amide bonds. The number of nitrogens with zero attached hydrogens (tertiary/aromatic N) is 3. The van der Waals surface area contributed by atoms with Crippen LogP contribution in [0.5, 0.6) is 11.5 Å². The summed E-state index contributed by atoms with van der Waals surface area (Å²) in [7, 11) is 0. The Morgan fingerprint density at radius 3 is 2.67 bits per heavy atom. The molecule has 2 atom stereocenters. The normalized spacial score (nSPS) is 23.0. The van der Waals surface area contributed by atoms with Crippen molar-refractivity contribution in [3.63, 3.8) is 0 Å². The number of pyridine rings is 1. The summed E-state index contributed by atoms with van der Waals surface area (Å²) in [5, 5.41) is 1.70. The van der Waals surface area contributed by atoms with E-state index >= 15 is 0 Å². The van der Waals surface area contributed by atoms with E-state index < -0.39 is 6.10 Å². The van der Waals surface area contributed by atoms with Crippen LogP contribution in [0.15, 0.2) is 53.2 Å². The minimum Gasteiger partial charge on any atom is -0.454 e.